The Bertz CT molecular complexity index is 393. The number of carbonyl (C=O) groups is 1. The minimum Gasteiger partial charge on any atom is -0.394 e. The number of benzene rings is 1. The van der Waals surface area contributed by atoms with Crippen LogP contribution >= 0.6 is 0 Å². The molecule has 1 amide bonds. The van der Waals surface area contributed by atoms with Crippen LogP contribution in [0.15, 0.2) is 30.3 Å². The van der Waals surface area contributed by atoms with Gasteiger partial charge >= 0.3 is 0 Å². The standard InChI is InChI=1S/C14H19NO3/c1-10-7-12(9-18-10)14(17)15-13(8-16)11-5-3-2-4-6-11/h2-6,10,12-13,16H,7-9H2,1H3,(H,15,17)/t10?,12?,13-/m0/s1. The number of hydrogen-bond acceptors (Lipinski definition) is 3. The monoisotopic (exact) mass is 249 g/mol. The van der Waals surface area contributed by atoms with E-state index < -0.39 is 0 Å². The topological polar surface area (TPSA) is 58.6 Å². The van der Waals surface area contributed by atoms with E-state index >= 15 is 0 Å². The number of rotatable bonds is 4. The van der Waals surface area contributed by atoms with E-state index in [4.69, 9.17) is 4.74 Å². The van der Waals surface area contributed by atoms with Crippen LogP contribution in [-0.2, 0) is 9.53 Å². The molecule has 1 fully saturated rings. The van der Waals surface area contributed by atoms with Crippen molar-refractivity contribution < 1.29 is 14.6 Å². The Labute approximate surface area is 107 Å². The number of nitrogens with one attached hydrogen (secondary N) is 1. The minimum absolute atomic E-state index is 0.0396. The first-order chi connectivity index (χ1) is 8.70. The van der Waals surface area contributed by atoms with E-state index in [0.717, 1.165) is 12.0 Å². The molecule has 2 N–H and O–H groups in total. The van der Waals surface area contributed by atoms with Crippen LogP contribution in [0, 0.1) is 5.92 Å². The summed E-state index contributed by atoms with van der Waals surface area (Å²) in [6, 6.07) is 9.15. The quantitative estimate of drug-likeness (QED) is 0.844. The van der Waals surface area contributed by atoms with E-state index in [1.165, 1.54) is 0 Å². The van der Waals surface area contributed by atoms with Gasteiger partial charge in [-0.1, -0.05) is 30.3 Å². The first-order valence-electron chi connectivity index (χ1n) is 6.28. The van der Waals surface area contributed by atoms with Crippen molar-refractivity contribution in [2.45, 2.75) is 25.5 Å². The molecule has 0 spiro atoms. The van der Waals surface area contributed by atoms with Crippen molar-refractivity contribution in [3.63, 3.8) is 0 Å². The van der Waals surface area contributed by atoms with Crippen molar-refractivity contribution >= 4 is 5.91 Å². The Morgan fingerprint density at radius 1 is 1.50 bits per heavy atom. The van der Waals surface area contributed by atoms with Crippen LogP contribution in [0.5, 0.6) is 0 Å². The molecule has 1 saturated heterocycles. The fourth-order valence-corrected chi connectivity index (χ4v) is 2.21. The highest BCUT2D eigenvalue weighted by atomic mass is 16.5. The van der Waals surface area contributed by atoms with Crippen molar-refractivity contribution in [1.82, 2.24) is 5.32 Å². The number of aliphatic hydroxyl groups excluding tert-OH is 1. The zero-order valence-corrected chi connectivity index (χ0v) is 10.5. The Balaban J connectivity index is 1.96. The van der Waals surface area contributed by atoms with Gasteiger partial charge in [-0.3, -0.25) is 4.79 Å². The normalized spacial score (nSPS) is 24.8. The summed E-state index contributed by atoms with van der Waals surface area (Å²) in [6.45, 7) is 2.34. The minimum atomic E-state index is -0.338. The molecule has 1 heterocycles. The zero-order valence-electron chi connectivity index (χ0n) is 10.5. The van der Waals surface area contributed by atoms with Crippen LogP contribution in [0.2, 0.25) is 0 Å². The van der Waals surface area contributed by atoms with Gasteiger partial charge in [0.1, 0.15) is 0 Å². The number of hydrogen-bond donors (Lipinski definition) is 2. The lowest BCUT2D eigenvalue weighted by Gasteiger charge is -2.18. The Hall–Kier alpha value is -1.39. The van der Waals surface area contributed by atoms with Crippen molar-refractivity contribution in [3.8, 4) is 0 Å². The number of amides is 1. The van der Waals surface area contributed by atoms with E-state index in [2.05, 4.69) is 5.32 Å². The van der Waals surface area contributed by atoms with Crippen LogP contribution < -0.4 is 5.32 Å². The van der Waals surface area contributed by atoms with Crippen LogP contribution in [0.1, 0.15) is 24.9 Å². The molecule has 98 valence electrons. The predicted molar refractivity (Wildman–Crippen MR) is 67.9 cm³/mol. The van der Waals surface area contributed by atoms with E-state index in [1.54, 1.807) is 0 Å². The largest absolute Gasteiger partial charge is 0.394 e. The lowest BCUT2D eigenvalue weighted by Crippen LogP contribution is -2.35. The summed E-state index contributed by atoms with van der Waals surface area (Å²) in [6.07, 6.45) is 0.892. The van der Waals surface area contributed by atoms with Gasteiger partial charge in [-0.05, 0) is 18.9 Å². The first-order valence-corrected chi connectivity index (χ1v) is 6.28. The molecule has 4 heteroatoms. The molecular formula is C14H19NO3. The lowest BCUT2D eigenvalue weighted by molar-refractivity contribution is -0.126. The molecular weight excluding hydrogens is 230 g/mol. The number of aliphatic hydroxyl groups is 1. The molecule has 1 aromatic carbocycles. The smallest absolute Gasteiger partial charge is 0.226 e. The summed E-state index contributed by atoms with van der Waals surface area (Å²) >= 11 is 0. The molecule has 0 aliphatic carbocycles. The first kappa shape index (κ1) is 13.1. The molecule has 0 radical (unpaired) electrons. The van der Waals surface area contributed by atoms with Gasteiger partial charge < -0.3 is 15.2 Å². The van der Waals surface area contributed by atoms with Crippen molar-refractivity contribution in [2.75, 3.05) is 13.2 Å². The van der Waals surface area contributed by atoms with Gasteiger partial charge in [-0.15, -0.1) is 0 Å². The molecule has 0 bridgehead atoms. The molecule has 3 atom stereocenters. The van der Waals surface area contributed by atoms with Crippen LogP contribution in [0.4, 0.5) is 0 Å². The summed E-state index contributed by atoms with van der Waals surface area (Å²) in [7, 11) is 0. The highest BCUT2D eigenvalue weighted by molar-refractivity contribution is 5.79. The summed E-state index contributed by atoms with van der Waals surface area (Å²) in [4.78, 5) is 12.0. The molecule has 2 rings (SSSR count). The van der Waals surface area contributed by atoms with Crippen molar-refractivity contribution in [3.05, 3.63) is 35.9 Å². The third-order valence-electron chi connectivity index (χ3n) is 3.27. The van der Waals surface area contributed by atoms with E-state index in [0.29, 0.717) is 6.61 Å². The van der Waals surface area contributed by atoms with Crippen molar-refractivity contribution in [2.24, 2.45) is 5.92 Å². The van der Waals surface area contributed by atoms with Gasteiger partial charge in [-0.25, -0.2) is 0 Å². The van der Waals surface area contributed by atoms with Gasteiger partial charge in [0, 0.05) is 0 Å². The Kier molecular flexibility index (Phi) is 4.33. The summed E-state index contributed by atoms with van der Waals surface area (Å²) in [5, 5.41) is 12.3. The van der Waals surface area contributed by atoms with Crippen LogP contribution in [0.25, 0.3) is 0 Å². The molecule has 1 aliphatic heterocycles. The van der Waals surface area contributed by atoms with E-state index in [1.807, 2.05) is 37.3 Å². The number of carbonyl (C=O) groups excluding carboxylic acids is 1. The maximum atomic E-state index is 12.0. The molecule has 18 heavy (non-hydrogen) atoms. The van der Waals surface area contributed by atoms with Gasteiger partial charge in [0.05, 0.1) is 31.3 Å². The summed E-state index contributed by atoms with van der Waals surface area (Å²) in [5.74, 6) is -0.139. The third-order valence-corrected chi connectivity index (χ3v) is 3.27. The average Bonchev–Trinajstić information content (AvgIpc) is 2.83. The van der Waals surface area contributed by atoms with Gasteiger partial charge in [-0.2, -0.15) is 0 Å². The molecule has 4 nitrogen and oxygen atoms in total. The van der Waals surface area contributed by atoms with Crippen LogP contribution in [-0.4, -0.2) is 30.3 Å². The summed E-state index contributed by atoms with van der Waals surface area (Å²) < 4.78 is 5.38. The second-order valence-electron chi connectivity index (χ2n) is 4.73. The number of ether oxygens (including phenoxy) is 1. The Morgan fingerprint density at radius 3 is 2.78 bits per heavy atom. The molecule has 0 saturated carbocycles. The lowest BCUT2D eigenvalue weighted by atomic mass is 10.0. The molecule has 1 aromatic rings. The zero-order chi connectivity index (χ0) is 13.0. The van der Waals surface area contributed by atoms with E-state index in [9.17, 15) is 9.90 Å². The van der Waals surface area contributed by atoms with Gasteiger partial charge in [0.25, 0.3) is 0 Å². The fourth-order valence-electron chi connectivity index (χ4n) is 2.21. The van der Waals surface area contributed by atoms with E-state index in [-0.39, 0.29) is 30.6 Å². The average molecular weight is 249 g/mol. The maximum Gasteiger partial charge on any atom is 0.226 e. The Morgan fingerprint density at radius 2 is 2.22 bits per heavy atom. The third kappa shape index (κ3) is 3.09. The highest BCUT2D eigenvalue weighted by Crippen LogP contribution is 2.20. The van der Waals surface area contributed by atoms with Gasteiger partial charge in [0.15, 0.2) is 0 Å². The highest BCUT2D eigenvalue weighted by Gasteiger charge is 2.29. The fraction of sp³-hybridized carbons (Fsp3) is 0.500. The second kappa shape index (κ2) is 5.98. The van der Waals surface area contributed by atoms with Crippen LogP contribution in [0.3, 0.4) is 0 Å². The van der Waals surface area contributed by atoms with Gasteiger partial charge in [0.2, 0.25) is 5.91 Å². The SMILES string of the molecule is CC1CC(C(=O)N[C@@H](CO)c2ccccc2)CO1. The maximum absolute atomic E-state index is 12.0. The molecule has 2 unspecified atom stereocenters. The predicted octanol–water partition coefficient (Wildman–Crippen LogP) is 1.26. The second-order valence-corrected chi connectivity index (χ2v) is 4.73. The molecule has 1 aliphatic rings. The van der Waals surface area contributed by atoms with Crippen molar-refractivity contribution in [1.29, 1.82) is 0 Å². The molecule has 0 aromatic heterocycles. The summed E-state index contributed by atoms with van der Waals surface area (Å²) in [5.41, 5.74) is 0.917.